The van der Waals surface area contributed by atoms with Gasteiger partial charge in [0.25, 0.3) is 0 Å². The summed E-state index contributed by atoms with van der Waals surface area (Å²) in [6, 6.07) is 11.2. The minimum absolute atomic E-state index is 0.0185. The fraction of sp³-hybridized carbons (Fsp3) is 0.444. The van der Waals surface area contributed by atoms with Crippen LogP contribution in [-0.2, 0) is 21.2 Å². The summed E-state index contributed by atoms with van der Waals surface area (Å²) in [4.78, 5) is 1.59. The lowest BCUT2D eigenvalue weighted by Gasteiger charge is -2.33. The standard InChI is InChI=1S/C18H23NO3S2/c1-15-4-6-18(7-5-15)24(20,21)19(16-9-12-22-13-10-16)11-8-17-3-2-14-23-17/h2-7,14,16H,8-13H2,1H3. The molecule has 0 spiro atoms. The molecule has 0 saturated carbocycles. The molecule has 130 valence electrons. The van der Waals surface area contributed by atoms with E-state index in [1.165, 1.54) is 4.88 Å². The van der Waals surface area contributed by atoms with Crippen LogP contribution < -0.4 is 0 Å². The van der Waals surface area contributed by atoms with Gasteiger partial charge in [0, 0.05) is 30.7 Å². The Morgan fingerprint density at radius 1 is 1.17 bits per heavy atom. The van der Waals surface area contributed by atoms with Crippen LogP contribution in [0.25, 0.3) is 0 Å². The molecule has 3 rings (SSSR count). The van der Waals surface area contributed by atoms with Crippen molar-refractivity contribution < 1.29 is 13.2 Å². The molecule has 2 heterocycles. The monoisotopic (exact) mass is 365 g/mol. The van der Waals surface area contributed by atoms with Crippen molar-refractivity contribution in [3.05, 3.63) is 52.2 Å². The van der Waals surface area contributed by atoms with Crippen molar-refractivity contribution in [2.45, 2.75) is 37.1 Å². The third-order valence-corrected chi connectivity index (χ3v) is 7.29. The summed E-state index contributed by atoms with van der Waals surface area (Å²) in [7, 11) is -3.49. The molecular formula is C18H23NO3S2. The highest BCUT2D eigenvalue weighted by Crippen LogP contribution is 2.25. The highest BCUT2D eigenvalue weighted by Gasteiger charge is 2.32. The second-order valence-corrected chi connectivity index (χ2v) is 9.02. The van der Waals surface area contributed by atoms with Crippen LogP contribution in [0.3, 0.4) is 0 Å². The lowest BCUT2D eigenvalue weighted by atomic mass is 10.1. The van der Waals surface area contributed by atoms with Crippen molar-refractivity contribution in [2.24, 2.45) is 0 Å². The molecule has 1 aliphatic heterocycles. The van der Waals surface area contributed by atoms with E-state index in [0.29, 0.717) is 24.7 Å². The van der Waals surface area contributed by atoms with E-state index in [1.54, 1.807) is 27.8 Å². The molecule has 0 atom stereocenters. The Morgan fingerprint density at radius 2 is 1.88 bits per heavy atom. The summed E-state index contributed by atoms with van der Waals surface area (Å²) in [5.74, 6) is 0. The van der Waals surface area contributed by atoms with Gasteiger partial charge in [0.05, 0.1) is 4.90 Å². The first-order valence-electron chi connectivity index (χ1n) is 8.26. The van der Waals surface area contributed by atoms with Crippen molar-refractivity contribution in [1.82, 2.24) is 4.31 Å². The Morgan fingerprint density at radius 3 is 2.50 bits per heavy atom. The third-order valence-electron chi connectivity index (χ3n) is 4.38. The van der Waals surface area contributed by atoms with E-state index in [-0.39, 0.29) is 6.04 Å². The number of aryl methyl sites for hydroxylation is 1. The predicted octanol–water partition coefficient (Wildman–Crippen LogP) is 3.47. The van der Waals surface area contributed by atoms with Gasteiger partial charge in [0.2, 0.25) is 10.0 Å². The van der Waals surface area contributed by atoms with E-state index in [1.807, 2.05) is 30.5 Å². The number of hydrogen-bond acceptors (Lipinski definition) is 4. The minimum atomic E-state index is -3.49. The Balaban J connectivity index is 1.85. The van der Waals surface area contributed by atoms with Crippen LogP contribution in [0.15, 0.2) is 46.7 Å². The maximum Gasteiger partial charge on any atom is 0.243 e. The van der Waals surface area contributed by atoms with Crippen LogP contribution in [0.2, 0.25) is 0 Å². The van der Waals surface area contributed by atoms with Crippen molar-refractivity contribution >= 4 is 21.4 Å². The lowest BCUT2D eigenvalue weighted by Crippen LogP contribution is -2.44. The van der Waals surface area contributed by atoms with Crippen molar-refractivity contribution in [3.8, 4) is 0 Å². The van der Waals surface area contributed by atoms with Gasteiger partial charge in [-0.1, -0.05) is 23.8 Å². The van der Waals surface area contributed by atoms with Crippen LogP contribution in [-0.4, -0.2) is 38.5 Å². The van der Waals surface area contributed by atoms with E-state index >= 15 is 0 Å². The predicted molar refractivity (Wildman–Crippen MR) is 96.9 cm³/mol. The van der Waals surface area contributed by atoms with Crippen LogP contribution in [0.1, 0.15) is 23.3 Å². The maximum atomic E-state index is 13.2. The Labute approximate surface area is 148 Å². The van der Waals surface area contributed by atoms with Gasteiger partial charge < -0.3 is 4.74 Å². The zero-order valence-electron chi connectivity index (χ0n) is 13.8. The highest BCUT2D eigenvalue weighted by molar-refractivity contribution is 7.89. The minimum Gasteiger partial charge on any atom is -0.381 e. The lowest BCUT2D eigenvalue weighted by molar-refractivity contribution is 0.0587. The number of nitrogens with zero attached hydrogens (tertiary/aromatic N) is 1. The van der Waals surface area contributed by atoms with Gasteiger partial charge in [-0.05, 0) is 49.8 Å². The molecule has 2 aromatic rings. The van der Waals surface area contributed by atoms with E-state index < -0.39 is 10.0 Å². The molecule has 1 aromatic heterocycles. The highest BCUT2D eigenvalue weighted by atomic mass is 32.2. The summed E-state index contributed by atoms with van der Waals surface area (Å²) in [5, 5.41) is 2.03. The fourth-order valence-electron chi connectivity index (χ4n) is 2.99. The van der Waals surface area contributed by atoms with Crippen molar-refractivity contribution in [1.29, 1.82) is 0 Å². The summed E-state index contributed by atoms with van der Waals surface area (Å²) >= 11 is 1.67. The molecule has 0 aliphatic carbocycles. The topological polar surface area (TPSA) is 46.6 Å². The largest absolute Gasteiger partial charge is 0.381 e. The first-order valence-corrected chi connectivity index (χ1v) is 10.6. The molecule has 0 unspecified atom stereocenters. The molecule has 1 aliphatic rings. The Bertz CT molecular complexity index is 733. The molecule has 0 radical (unpaired) electrons. The fourth-order valence-corrected chi connectivity index (χ4v) is 5.38. The molecule has 4 nitrogen and oxygen atoms in total. The number of benzene rings is 1. The normalized spacial score (nSPS) is 16.6. The SMILES string of the molecule is Cc1ccc(S(=O)(=O)N(CCc2cccs2)C2CCOCC2)cc1. The number of sulfonamides is 1. The number of rotatable bonds is 6. The average Bonchev–Trinajstić information content (AvgIpc) is 3.10. The smallest absolute Gasteiger partial charge is 0.243 e. The van der Waals surface area contributed by atoms with Crippen LogP contribution in [0.5, 0.6) is 0 Å². The van der Waals surface area contributed by atoms with E-state index in [0.717, 1.165) is 24.8 Å². The van der Waals surface area contributed by atoms with Gasteiger partial charge in [0.15, 0.2) is 0 Å². The maximum absolute atomic E-state index is 13.2. The third kappa shape index (κ3) is 4.06. The van der Waals surface area contributed by atoms with Crippen LogP contribution >= 0.6 is 11.3 Å². The molecule has 1 fully saturated rings. The first kappa shape index (κ1) is 17.6. The number of ether oxygens (including phenoxy) is 1. The Kier molecular flexibility index (Phi) is 5.71. The van der Waals surface area contributed by atoms with Crippen molar-refractivity contribution in [3.63, 3.8) is 0 Å². The van der Waals surface area contributed by atoms with Gasteiger partial charge in [0.1, 0.15) is 0 Å². The summed E-state index contributed by atoms with van der Waals surface area (Å²) in [5.41, 5.74) is 1.06. The summed E-state index contributed by atoms with van der Waals surface area (Å²) in [6.45, 7) is 3.73. The molecule has 0 N–H and O–H groups in total. The molecule has 0 bridgehead atoms. The number of thiophene rings is 1. The van der Waals surface area contributed by atoms with Crippen molar-refractivity contribution in [2.75, 3.05) is 19.8 Å². The summed E-state index contributed by atoms with van der Waals surface area (Å²) < 4.78 is 33.5. The molecule has 0 amide bonds. The second kappa shape index (κ2) is 7.78. The molecule has 6 heteroatoms. The van der Waals surface area contributed by atoms with Gasteiger partial charge >= 0.3 is 0 Å². The molecular weight excluding hydrogens is 342 g/mol. The van der Waals surface area contributed by atoms with Gasteiger partial charge in [-0.2, -0.15) is 4.31 Å². The van der Waals surface area contributed by atoms with E-state index in [9.17, 15) is 8.42 Å². The van der Waals surface area contributed by atoms with Gasteiger partial charge in [-0.3, -0.25) is 0 Å². The molecule has 1 aromatic carbocycles. The van der Waals surface area contributed by atoms with E-state index in [4.69, 9.17) is 4.74 Å². The zero-order chi connectivity index (χ0) is 17.0. The van der Waals surface area contributed by atoms with Gasteiger partial charge in [-0.15, -0.1) is 11.3 Å². The Hall–Kier alpha value is -1.21. The zero-order valence-corrected chi connectivity index (χ0v) is 15.5. The molecule has 24 heavy (non-hydrogen) atoms. The van der Waals surface area contributed by atoms with Crippen LogP contribution in [0.4, 0.5) is 0 Å². The quantitative estimate of drug-likeness (QED) is 0.787. The number of hydrogen-bond donors (Lipinski definition) is 0. The summed E-state index contributed by atoms with van der Waals surface area (Å²) in [6.07, 6.45) is 2.27. The van der Waals surface area contributed by atoms with E-state index in [2.05, 4.69) is 6.07 Å². The first-order chi connectivity index (χ1) is 11.6. The second-order valence-electron chi connectivity index (χ2n) is 6.10. The van der Waals surface area contributed by atoms with Gasteiger partial charge in [-0.25, -0.2) is 8.42 Å². The van der Waals surface area contributed by atoms with Crippen LogP contribution in [0, 0.1) is 6.92 Å². The molecule has 1 saturated heterocycles. The average molecular weight is 366 g/mol.